The van der Waals surface area contributed by atoms with Gasteiger partial charge in [-0.25, -0.2) is 0 Å². The predicted octanol–water partition coefficient (Wildman–Crippen LogP) is 2.36. The summed E-state index contributed by atoms with van der Waals surface area (Å²) in [5.41, 5.74) is 8.19. The van der Waals surface area contributed by atoms with Crippen molar-refractivity contribution >= 4 is 0 Å². The molecular weight excluding hydrogens is 158 g/mol. The summed E-state index contributed by atoms with van der Waals surface area (Å²) in [6.07, 6.45) is 6.19. The molecule has 0 bridgehead atoms. The van der Waals surface area contributed by atoms with E-state index in [9.17, 15) is 0 Å². The van der Waals surface area contributed by atoms with Crippen LogP contribution >= 0.6 is 0 Å². The number of benzene rings is 1. The van der Waals surface area contributed by atoms with E-state index >= 15 is 0 Å². The molecule has 1 heteroatoms. The first kappa shape index (κ1) is 8.27. The summed E-state index contributed by atoms with van der Waals surface area (Å²) in [4.78, 5) is 0. The fourth-order valence-corrected chi connectivity index (χ4v) is 1.65. The monoisotopic (exact) mass is 171 g/mol. The second kappa shape index (κ2) is 2.86. The van der Waals surface area contributed by atoms with Gasteiger partial charge in [-0.05, 0) is 12.5 Å². The Morgan fingerprint density at radius 3 is 2.38 bits per heavy atom. The molecule has 0 aliphatic heterocycles. The van der Waals surface area contributed by atoms with Crippen LogP contribution in [0.1, 0.15) is 12.5 Å². The SMILES string of the molecule is CC1=C[C@](N)(c2ccccc2)C=C1. The largest absolute Gasteiger partial charge is 0.315 e. The van der Waals surface area contributed by atoms with E-state index in [0.717, 1.165) is 5.56 Å². The summed E-state index contributed by atoms with van der Waals surface area (Å²) in [5.74, 6) is 0. The van der Waals surface area contributed by atoms with Crippen LogP contribution in [-0.4, -0.2) is 0 Å². The van der Waals surface area contributed by atoms with Crippen molar-refractivity contribution in [1.29, 1.82) is 0 Å². The van der Waals surface area contributed by atoms with Gasteiger partial charge in [0.1, 0.15) is 0 Å². The van der Waals surface area contributed by atoms with E-state index in [4.69, 9.17) is 5.73 Å². The molecule has 0 unspecified atom stereocenters. The van der Waals surface area contributed by atoms with Crippen molar-refractivity contribution in [1.82, 2.24) is 0 Å². The van der Waals surface area contributed by atoms with Gasteiger partial charge in [0.05, 0.1) is 5.54 Å². The second-order valence-corrected chi connectivity index (χ2v) is 3.52. The highest BCUT2D eigenvalue weighted by Crippen LogP contribution is 2.27. The molecule has 0 saturated heterocycles. The van der Waals surface area contributed by atoms with Gasteiger partial charge in [-0.15, -0.1) is 0 Å². The van der Waals surface area contributed by atoms with Gasteiger partial charge in [-0.2, -0.15) is 0 Å². The molecular formula is C12H13N. The zero-order valence-electron chi connectivity index (χ0n) is 7.70. The zero-order valence-corrected chi connectivity index (χ0v) is 7.70. The summed E-state index contributed by atoms with van der Waals surface area (Å²) in [6.45, 7) is 2.06. The lowest BCUT2D eigenvalue weighted by atomic mass is 9.93. The molecule has 0 radical (unpaired) electrons. The van der Waals surface area contributed by atoms with E-state index in [-0.39, 0.29) is 5.54 Å². The first-order chi connectivity index (χ1) is 6.21. The lowest BCUT2D eigenvalue weighted by Crippen LogP contribution is -2.30. The number of rotatable bonds is 1. The van der Waals surface area contributed by atoms with Crippen LogP contribution in [0.25, 0.3) is 0 Å². The van der Waals surface area contributed by atoms with Crippen molar-refractivity contribution in [2.24, 2.45) is 5.73 Å². The molecule has 66 valence electrons. The Morgan fingerprint density at radius 2 is 1.85 bits per heavy atom. The van der Waals surface area contributed by atoms with Crippen LogP contribution in [0.2, 0.25) is 0 Å². The van der Waals surface area contributed by atoms with Gasteiger partial charge in [0.25, 0.3) is 0 Å². The molecule has 1 aromatic rings. The molecule has 1 atom stereocenters. The van der Waals surface area contributed by atoms with Gasteiger partial charge in [-0.1, -0.05) is 54.1 Å². The minimum absolute atomic E-state index is 0.384. The summed E-state index contributed by atoms with van der Waals surface area (Å²) in [7, 11) is 0. The fraction of sp³-hybridized carbons (Fsp3) is 0.167. The van der Waals surface area contributed by atoms with Crippen LogP contribution in [0.4, 0.5) is 0 Å². The predicted molar refractivity (Wildman–Crippen MR) is 55.2 cm³/mol. The normalized spacial score (nSPS) is 26.2. The second-order valence-electron chi connectivity index (χ2n) is 3.52. The van der Waals surface area contributed by atoms with Gasteiger partial charge >= 0.3 is 0 Å². The maximum Gasteiger partial charge on any atom is 0.0791 e. The number of allylic oxidation sites excluding steroid dienone is 2. The number of nitrogens with two attached hydrogens (primary N) is 1. The summed E-state index contributed by atoms with van der Waals surface area (Å²) >= 11 is 0. The van der Waals surface area contributed by atoms with Crippen molar-refractivity contribution in [3.8, 4) is 0 Å². The molecule has 1 aliphatic carbocycles. The molecule has 0 amide bonds. The van der Waals surface area contributed by atoms with E-state index in [1.54, 1.807) is 0 Å². The van der Waals surface area contributed by atoms with Crippen LogP contribution < -0.4 is 5.73 Å². The van der Waals surface area contributed by atoms with E-state index in [1.165, 1.54) is 5.57 Å². The van der Waals surface area contributed by atoms with Crippen molar-refractivity contribution < 1.29 is 0 Å². The third-order valence-corrected chi connectivity index (χ3v) is 2.36. The Balaban J connectivity index is 2.43. The highest BCUT2D eigenvalue weighted by Gasteiger charge is 2.23. The van der Waals surface area contributed by atoms with Crippen molar-refractivity contribution in [3.05, 3.63) is 59.7 Å². The zero-order chi connectivity index (χ0) is 9.31. The van der Waals surface area contributed by atoms with Gasteiger partial charge in [-0.3, -0.25) is 0 Å². The van der Waals surface area contributed by atoms with Crippen LogP contribution in [-0.2, 0) is 5.54 Å². The van der Waals surface area contributed by atoms with E-state index in [2.05, 4.69) is 31.2 Å². The highest BCUT2D eigenvalue weighted by atomic mass is 14.7. The molecule has 2 N–H and O–H groups in total. The molecule has 13 heavy (non-hydrogen) atoms. The molecule has 0 fully saturated rings. The van der Waals surface area contributed by atoms with Crippen molar-refractivity contribution in [3.63, 3.8) is 0 Å². The maximum absolute atomic E-state index is 6.21. The van der Waals surface area contributed by atoms with Crippen LogP contribution in [0.15, 0.2) is 54.1 Å². The lowest BCUT2D eigenvalue weighted by Gasteiger charge is -2.19. The van der Waals surface area contributed by atoms with E-state index in [1.807, 2.05) is 24.3 Å². The van der Waals surface area contributed by atoms with Crippen LogP contribution in [0.3, 0.4) is 0 Å². The molecule has 2 rings (SSSR count). The fourth-order valence-electron chi connectivity index (χ4n) is 1.65. The van der Waals surface area contributed by atoms with Crippen molar-refractivity contribution in [2.75, 3.05) is 0 Å². The summed E-state index contributed by atoms with van der Waals surface area (Å²) in [5, 5.41) is 0. The summed E-state index contributed by atoms with van der Waals surface area (Å²) < 4.78 is 0. The van der Waals surface area contributed by atoms with E-state index in [0.29, 0.717) is 0 Å². The third kappa shape index (κ3) is 1.43. The Labute approximate surface area is 78.6 Å². The Hall–Kier alpha value is -1.34. The molecule has 0 spiro atoms. The molecule has 0 aromatic heterocycles. The molecule has 0 heterocycles. The quantitative estimate of drug-likeness (QED) is 0.689. The number of hydrogen-bond donors (Lipinski definition) is 1. The minimum atomic E-state index is -0.384. The average Bonchev–Trinajstić information content (AvgIpc) is 2.49. The van der Waals surface area contributed by atoms with E-state index < -0.39 is 0 Å². The topological polar surface area (TPSA) is 26.0 Å². The first-order valence-corrected chi connectivity index (χ1v) is 4.44. The highest BCUT2D eigenvalue weighted by molar-refractivity contribution is 5.44. The summed E-state index contributed by atoms with van der Waals surface area (Å²) in [6, 6.07) is 10.1. The van der Waals surface area contributed by atoms with Gasteiger partial charge < -0.3 is 5.73 Å². The maximum atomic E-state index is 6.21. The minimum Gasteiger partial charge on any atom is -0.315 e. The van der Waals surface area contributed by atoms with Crippen LogP contribution in [0.5, 0.6) is 0 Å². The third-order valence-electron chi connectivity index (χ3n) is 2.36. The standard InChI is InChI=1S/C12H13N/c1-10-7-8-12(13,9-10)11-5-3-2-4-6-11/h2-9H,13H2,1H3/t12-/m0/s1. The van der Waals surface area contributed by atoms with Crippen molar-refractivity contribution in [2.45, 2.75) is 12.5 Å². The molecule has 1 aliphatic rings. The number of hydrogen-bond acceptors (Lipinski definition) is 1. The Bertz CT molecular complexity index is 362. The molecule has 0 saturated carbocycles. The first-order valence-electron chi connectivity index (χ1n) is 4.44. The molecule has 1 nitrogen and oxygen atoms in total. The van der Waals surface area contributed by atoms with Gasteiger partial charge in [0, 0.05) is 0 Å². The average molecular weight is 171 g/mol. The lowest BCUT2D eigenvalue weighted by molar-refractivity contribution is 0.721. The smallest absolute Gasteiger partial charge is 0.0791 e. The van der Waals surface area contributed by atoms with Crippen LogP contribution in [0, 0.1) is 0 Å². The van der Waals surface area contributed by atoms with Gasteiger partial charge in [0.2, 0.25) is 0 Å². The Morgan fingerprint density at radius 1 is 1.15 bits per heavy atom. The Kier molecular flexibility index (Phi) is 1.82. The van der Waals surface area contributed by atoms with Gasteiger partial charge in [0.15, 0.2) is 0 Å². The molecule has 1 aromatic carbocycles.